The second kappa shape index (κ2) is 8.61. The highest BCUT2D eigenvalue weighted by molar-refractivity contribution is 5.89. The van der Waals surface area contributed by atoms with Crippen LogP contribution in [0, 0.1) is 0 Å². The monoisotopic (exact) mass is 372 g/mol. The third kappa shape index (κ3) is 4.52. The van der Waals surface area contributed by atoms with Gasteiger partial charge in [-0.3, -0.25) is 0 Å². The first-order valence-corrected chi connectivity index (χ1v) is 9.72. The molecule has 0 atom stereocenters. The number of hydrogen-bond acceptors (Lipinski definition) is 2. The number of anilines is 1. The van der Waals surface area contributed by atoms with Crippen molar-refractivity contribution < 1.29 is 9.53 Å². The van der Waals surface area contributed by atoms with E-state index in [1.807, 2.05) is 65.6 Å². The minimum absolute atomic E-state index is 0.0387. The SMILES string of the molecule is O=C(Nc1ccc(Oc2ccccc2)cc1)N1CCC(c2ccccc2)CC1. The zero-order chi connectivity index (χ0) is 19.2. The highest BCUT2D eigenvalue weighted by Crippen LogP contribution is 2.28. The van der Waals surface area contributed by atoms with Gasteiger partial charge >= 0.3 is 6.03 Å². The molecule has 142 valence electrons. The first-order chi connectivity index (χ1) is 13.8. The molecule has 0 aliphatic carbocycles. The highest BCUT2D eigenvalue weighted by Gasteiger charge is 2.23. The van der Waals surface area contributed by atoms with Gasteiger partial charge in [0.15, 0.2) is 0 Å². The van der Waals surface area contributed by atoms with E-state index in [1.165, 1.54) is 5.56 Å². The summed E-state index contributed by atoms with van der Waals surface area (Å²) in [6, 6.07) is 27.6. The second-order valence-corrected chi connectivity index (χ2v) is 7.04. The fourth-order valence-corrected chi connectivity index (χ4v) is 3.57. The number of carbonyl (C=O) groups is 1. The lowest BCUT2D eigenvalue weighted by molar-refractivity contribution is 0.194. The van der Waals surface area contributed by atoms with Crippen molar-refractivity contribution in [1.29, 1.82) is 0 Å². The Morgan fingerprint density at radius 1 is 0.786 bits per heavy atom. The van der Waals surface area contributed by atoms with Crippen LogP contribution in [-0.2, 0) is 0 Å². The summed E-state index contributed by atoms with van der Waals surface area (Å²) in [4.78, 5) is 14.5. The lowest BCUT2D eigenvalue weighted by Crippen LogP contribution is -2.40. The maximum atomic E-state index is 12.6. The fraction of sp³-hybridized carbons (Fsp3) is 0.208. The van der Waals surface area contributed by atoms with Crippen molar-refractivity contribution in [3.05, 3.63) is 90.5 Å². The van der Waals surface area contributed by atoms with Crippen molar-refractivity contribution in [2.45, 2.75) is 18.8 Å². The largest absolute Gasteiger partial charge is 0.457 e. The maximum absolute atomic E-state index is 12.6. The summed E-state index contributed by atoms with van der Waals surface area (Å²) in [5.74, 6) is 2.08. The molecule has 1 heterocycles. The zero-order valence-electron chi connectivity index (χ0n) is 15.8. The molecule has 1 N–H and O–H groups in total. The molecule has 1 fully saturated rings. The molecule has 0 bridgehead atoms. The van der Waals surface area contributed by atoms with Crippen LogP contribution in [0.2, 0.25) is 0 Å². The van der Waals surface area contributed by atoms with E-state index >= 15 is 0 Å². The summed E-state index contributed by atoms with van der Waals surface area (Å²) in [6.07, 6.45) is 2.00. The van der Waals surface area contributed by atoms with Crippen molar-refractivity contribution in [3.8, 4) is 11.5 Å². The number of para-hydroxylation sites is 1. The topological polar surface area (TPSA) is 41.6 Å². The molecule has 4 heteroatoms. The summed E-state index contributed by atoms with van der Waals surface area (Å²) in [5.41, 5.74) is 2.15. The molecule has 1 saturated heterocycles. The quantitative estimate of drug-likeness (QED) is 0.620. The third-order valence-corrected chi connectivity index (χ3v) is 5.14. The van der Waals surface area contributed by atoms with E-state index in [-0.39, 0.29) is 6.03 Å². The standard InChI is InChI=1S/C24H24N2O2/c27-24(26-17-15-20(16-18-26)19-7-3-1-4-8-19)25-21-11-13-23(14-12-21)28-22-9-5-2-6-10-22/h1-14,20H,15-18H2,(H,25,27). The van der Waals surface area contributed by atoms with Gasteiger partial charge in [-0.15, -0.1) is 0 Å². The average molecular weight is 372 g/mol. The molecular formula is C24H24N2O2. The molecule has 0 aromatic heterocycles. The number of likely N-dealkylation sites (tertiary alicyclic amines) is 1. The van der Waals surface area contributed by atoms with Crippen LogP contribution in [0.4, 0.5) is 10.5 Å². The Balaban J connectivity index is 1.29. The van der Waals surface area contributed by atoms with Crippen LogP contribution in [-0.4, -0.2) is 24.0 Å². The van der Waals surface area contributed by atoms with Crippen LogP contribution >= 0.6 is 0 Å². The Morgan fingerprint density at radius 2 is 1.36 bits per heavy atom. The van der Waals surface area contributed by atoms with Crippen molar-refractivity contribution in [3.63, 3.8) is 0 Å². The van der Waals surface area contributed by atoms with Crippen molar-refractivity contribution in [2.75, 3.05) is 18.4 Å². The molecule has 3 aromatic rings. The summed E-state index contributed by atoms with van der Waals surface area (Å²) in [7, 11) is 0. The van der Waals surface area contributed by atoms with Crippen LogP contribution < -0.4 is 10.1 Å². The van der Waals surface area contributed by atoms with Gasteiger partial charge in [-0.25, -0.2) is 4.79 Å². The number of piperidine rings is 1. The molecule has 4 nitrogen and oxygen atoms in total. The Hall–Kier alpha value is -3.27. The minimum Gasteiger partial charge on any atom is -0.457 e. The molecule has 0 radical (unpaired) electrons. The van der Waals surface area contributed by atoms with Crippen LogP contribution in [0.15, 0.2) is 84.9 Å². The summed E-state index contributed by atoms with van der Waals surface area (Å²) >= 11 is 0. The van der Waals surface area contributed by atoms with Gasteiger partial charge in [-0.05, 0) is 60.7 Å². The van der Waals surface area contributed by atoms with Gasteiger partial charge in [0.05, 0.1) is 0 Å². The van der Waals surface area contributed by atoms with Gasteiger partial charge in [-0.1, -0.05) is 48.5 Å². The highest BCUT2D eigenvalue weighted by atomic mass is 16.5. The van der Waals surface area contributed by atoms with E-state index in [2.05, 4.69) is 29.6 Å². The van der Waals surface area contributed by atoms with E-state index in [1.54, 1.807) is 0 Å². The van der Waals surface area contributed by atoms with Gasteiger partial charge in [0.1, 0.15) is 11.5 Å². The van der Waals surface area contributed by atoms with Crippen LogP contribution in [0.5, 0.6) is 11.5 Å². The zero-order valence-corrected chi connectivity index (χ0v) is 15.8. The summed E-state index contributed by atoms with van der Waals surface area (Å²) < 4.78 is 5.79. The van der Waals surface area contributed by atoms with Gasteiger partial charge in [0.2, 0.25) is 0 Å². The number of hydrogen-bond donors (Lipinski definition) is 1. The molecule has 28 heavy (non-hydrogen) atoms. The van der Waals surface area contributed by atoms with Crippen LogP contribution in [0.3, 0.4) is 0 Å². The number of carbonyl (C=O) groups excluding carboxylic acids is 1. The molecule has 2 amide bonds. The number of rotatable bonds is 4. The van der Waals surface area contributed by atoms with Crippen molar-refractivity contribution >= 4 is 11.7 Å². The Labute approximate surface area is 165 Å². The third-order valence-electron chi connectivity index (χ3n) is 5.14. The van der Waals surface area contributed by atoms with Gasteiger partial charge in [0, 0.05) is 18.8 Å². The van der Waals surface area contributed by atoms with E-state index < -0.39 is 0 Å². The van der Waals surface area contributed by atoms with Crippen LogP contribution in [0.25, 0.3) is 0 Å². The maximum Gasteiger partial charge on any atom is 0.321 e. The number of amides is 2. The summed E-state index contributed by atoms with van der Waals surface area (Å²) in [5, 5.41) is 2.99. The molecule has 0 unspecified atom stereocenters. The lowest BCUT2D eigenvalue weighted by atomic mass is 9.90. The van der Waals surface area contributed by atoms with E-state index in [4.69, 9.17) is 4.74 Å². The Bertz CT molecular complexity index is 887. The number of benzene rings is 3. The summed E-state index contributed by atoms with van der Waals surface area (Å²) in [6.45, 7) is 1.56. The number of urea groups is 1. The average Bonchev–Trinajstić information content (AvgIpc) is 2.76. The van der Waals surface area contributed by atoms with Crippen molar-refractivity contribution in [2.24, 2.45) is 0 Å². The molecule has 0 saturated carbocycles. The molecule has 1 aliphatic heterocycles. The van der Waals surface area contributed by atoms with Gasteiger partial charge in [-0.2, -0.15) is 0 Å². The molecule has 4 rings (SSSR count). The van der Waals surface area contributed by atoms with Crippen molar-refractivity contribution in [1.82, 2.24) is 4.90 Å². The van der Waals surface area contributed by atoms with E-state index in [9.17, 15) is 4.79 Å². The second-order valence-electron chi connectivity index (χ2n) is 7.04. The predicted octanol–water partition coefficient (Wildman–Crippen LogP) is 5.89. The first kappa shape index (κ1) is 18.1. The normalized spacial score (nSPS) is 14.5. The Morgan fingerprint density at radius 3 is 2.00 bits per heavy atom. The smallest absolute Gasteiger partial charge is 0.321 e. The first-order valence-electron chi connectivity index (χ1n) is 9.72. The van der Waals surface area contributed by atoms with Crippen LogP contribution in [0.1, 0.15) is 24.3 Å². The minimum atomic E-state index is -0.0387. The predicted molar refractivity (Wildman–Crippen MR) is 112 cm³/mol. The van der Waals surface area contributed by atoms with Gasteiger partial charge in [0.25, 0.3) is 0 Å². The molecule has 1 aliphatic rings. The molecule has 0 spiro atoms. The van der Waals surface area contributed by atoms with E-state index in [0.717, 1.165) is 43.1 Å². The Kier molecular flexibility index (Phi) is 5.57. The number of nitrogens with zero attached hydrogens (tertiary/aromatic N) is 1. The number of ether oxygens (including phenoxy) is 1. The molecular weight excluding hydrogens is 348 g/mol. The fourth-order valence-electron chi connectivity index (χ4n) is 3.57. The van der Waals surface area contributed by atoms with Gasteiger partial charge < -0.3 is 15.0 Å². The molecule has 3 aromatic carbocycles. The number of nitrogens with one attached hydrogen (secondary N) is 1. The lowest BCUT2D eigenvalue weighted by Gasteiger charge is -2.32. The van der Waals surface area contributed by atoms with E-state index in [0.29, 0.717) is 5.92 Å².